The summed E-state index contributed by atoms with van der Waals surface area (Å²) in [5, 5.41) is 8.52. The highest BCUT2D eigenvalue weighted by Gasteiger charge is 2.20. The highest BCUT2D eigenvalue weighted by Crippen LogP contribution is 2.16. The van der Waals surface area contributed by atoms with Crippen molar-refractivity contribution in [2.75, 3.05) is 32.7 Å². The Bertz CT molecular complexity index is 514. The third-order valence-electron chi connectivity index (χ3n) is 4.10. The number of hydrogen-bond donors (Lipinski definition) is 1. The van der Waals surface area contributed by atoms with E-state index in [2.05, 4.69) is 40.6 Å². The first-order valence-electron chi connectivity index (χ1n) is 7.38. The molecule has 0 unspecified atom stereocenters. The summed E-state index contributed by atoms with van der Waals surface area (Å²) in [6.45, 7) is 13.6. The van der Waals surface area contributed by atoms with Gasteiger partial charge in [-0.05, 0) is 26.1 Å². The van der Waals surface area contributed by atoms with E-state index in [1.807, 2.05) is 17.8 Å². The van der Waals surface area contributed by atoms with Crippen molar-refractivity contribution in [1.82, 2.24) is 24.9 Å². The Morgan fingerprint density at radius 1 is 1.33 bits per heavy atom. The van der Waals surface area contributed by atoms with Crippen LogP contribution in [0.2, 0.25) is 0 Å². The van der Waals surface area contributed by atoms with Crippen LogP contribution in [0.4, 0.5) is 0 Å². The summed E-state index contributed by atoms with van der Waals surface area (Å²) in [6, 6.07) is 0. The third kappa shape index (κ3) is 3.83. The highest BCUT2D eigenvalue weighted by molar-refractivity contribution is 7.80. The van der Waals surface area contributed by atoms with Crippen LogP contribution in [0.3, 0.4) is 0 Å². The van der Waals surface area contributed by atoms with E-state index in [4.69, 9.17) is 12.2 Å². The summed E-state index contributed by atoms with van der Waals surface area (Å²) in [6.07, 6.45) is 1.83. The van der Waals surface area contributed by atoms with E-state index < -0.39 is 0 Å². The number of piperazine rings is 1. The van der Waals surface area contributed by atoms with Gasteiger partial charge in [0.15, 0.2) is 5.11 Å². The van der Waals surface area contributed by atoms with E-state index in [9.17, 15) is 0 Å². The second kappa shape index (κ2) is 7.04. The van der Waals surface area contributed by atoms with Crippen molar-refractivity contribution < 1.29 is 0 Å². The molecule has 2 heterocycles. The number of rotatable bonds is 4. The normalized spacial score (nSPS) is 16.0. The summed E-state index contributed by atoms with van der Waals surface area (Å²) in [7, 11) is 2.01. The van der Waals surface area contributed by atoms with Crippen molar-refractivity contribution >= 4 is 17.3 Å². The van der Waals surface area contributed by atoms with Crippen LogP contribution in [0.5, 0.6) is 0 Å². The summed E-state index contributed by atoms with van der Waals surface area (Å²) in [4.78, 5) is 4.71. The number of thiocarbonyl (C=S) groups is 1. The van der Waals surface area contributed by atoms with Crippen LogP contribution in [0.1, 0.15) is 17.0 Å². The molecular formula is C15H25N5S. The lowest BCUT2D eigenvalue weighted by atomic mass is 10.1. The first-order chi connectivity index (χ1) is 10.0. The van der Waals surface area contributed by atoms with Crippen LogP contribution in [-0.2, 0) is 13.6 Å². The second-order valence-corrected chi connectivity index (χ2v) is 5.90. The monoisotopic (exact) mass is 307 g/mol. The smallest absolute Gasteiger partial charge is 0.169 e. The molecule has 0 radical (unpaired) electrons. The van der Waals surface area contributed by atoms with E-state index in [0.29, 0.717) is 0 Å². The molecule has 1 saturated heterocycles. The Morgan fingerprint density at radius 3 is 2.52 bits per heavy atom. The molecule has 1 fully saturated rings. The predicted molar refractivity (Wildman–Crippen MR) is 90.3 cm³/mol. The van der Waals surface area contributed by atoms with Gasteiger partial charge in [-0.15, -0.1) is 6.58 Å². The maximum absolute atomic E-state index is 5.39. The molecule has 1 aromatic heterocycles. The van der Waals surface area contributed by atoms with Crippen molar-refractivity contribution in [2.24, 2.45) is 7.05 Å². The highest BCUT2D eigenvalue weighted by atomic mass is 32.1. The molecule has 0 spiro atoms. The Morgan fingerprint density at radius 2 is 2.00 bits per heavy atom. The Labute approximate surface area is 132 Å². The Kier molecular flexibility index (Phi) is 5.36. The van der Waals surface area contributed by atoms with E-state index in [0.717, 1.165) is 50.1 Å². The van der Waals surface area contributed by atoms with Crippen LogP contribution >= 0.6 is 12.2 Å². The van der Waals surface area contributed by atoms with Gasteiger partial charge in [-0.3, -0.25) is 9.58 Å². The minimum absolute atomic E-state index is 0.729. The number of aryl methyl sites for hydroxylation is 2. The lowest BCUT2D eigenvalue weighted by molar-refractivity contribution is 0.174. The topological polar surface area (TPSA) is 36.3 Å². The van der Waals surface area contributed by atoms with Gasteiger partial charge in [-0.1, -0.05) is 6.08 Å². The maximum Gasteiger partial charge on any atom is 0.169 e. The summed E-state index contributed by atoms with van der Waals surface area (Å²) < 4.78 is 1.97. The summed E-state index contributed by atoms with van der Waals surface area (Å²) in [5.74, 6) is 0. The first kappa shape index (κ1) is 16.0. The fourth-order valence-corrected chi connectivity index (χ4v) is 2.92. The van der Waals surface area contributed by atoms with E-state index in [-0.39, 0.29) is 0 Å². The van der Waals surface area contributed by atoms with Gasteiger partial charge < -0.3 is 10.2 Å². The molecule has 1 aliphatic rings. The van der Waals surface area contributed by atoms with Gasteiger partial charge in [0, 0.05) is 57.6 Å². The van der Waals surface area contributed by atoms with Crippen molar-refractivity contribution in [1.29, 1.82) is 0 Å². The van der Waals surface area contributed by atoms with Crippen LogP contribution in [0.25, 0.3) is 0 Å². The van der Waals surface area contributed by atoms with E-state index in [1.54, 1.807) is 0 Å². The molecule has 0 amide bonds. The molecule has 1 aromatic rings. The van der Waals surface area contributed by atoms with Crippen LogP contribution in [-0.4, -0.2) is 57.4 Å². The molecule has 0 saturated carbocycles. The largest absolute Gasteiger partial charge is 0.359 e. The van der Waals surface area contributed by atoms with Gasteiger partial charge >= 0.3 is 0 Å². The van der Waals surface area contributed by atoms with Crippen LogP contribution in [0, 0.1) is 13.8 Å². The van der Waals surface area contributed by atoms with E-state index in [1.165, 1.54) is 11.3 Å². The average molecular weight is 307 g/mol. The van der Waals surface area contributed by atoms with Gasteiger partial charge in [0.05, 0.1) is 5.69 Å². The lowest BCUT2D eigenvalue weighted by Crippen LogP contribution is -2.51. The summed E-state index contributed by atoms with van der Waals surface area (Å²) in [5.41, 5.74) is 3.76. The molecule has 6 heteroatoms. The van der Waals surface area contributed by atoms with Crippen LogP contribution in [0.15, 0.2) is 12.7 Å². The zero-order chi connectivity index (χ0) is 15.4. The molecule has 0 atom stereocenters. The van der Waals surface area contributed by atoms with Crippen molar-refractivity contribution in [2.45, 2.75) is 20.4 Å². The fraction of sp³-hybridized carbons (Fsp3) is 0.600. The number of nitrogens with zero attached hydrogens (tertiary/aromatic N) is 4. The predicted octanol–water partition coefficient (Wildman–Crippen LogP) is 1.22. The van der Waals surface area contributed by atoms with Gasteiger partial charge in [0.1, 0.15) is 0 Å². The minimum Gasteiger partial charge on any atom is -0.359 e. The molecule has 0 aromatic carbocycles. The Balaban J connectivity index is 1.87. The van der Waals surface area contributed by atoms with Crippen molar-refractivity contribution in [3.63, 3.8) is 0 Å². The molecule has 0 aliphatic carbocycles. The number of hydrogen-bond acceptors (Lipinski definition) is 3. The quantitative estimate of drug-likeness (QED) is 0.668. The molecular weight excluding hydrogens is 282 g/mol. The minimum atomic E-state index is 0.729. The fourth-order valence-electron chi connectivity index (χ4n) is 2.65. The molecule has 1 aliphatic heterocycles. The third-order valence-corrected chi connectivity index (χ3v) is 4.50. The zero-order valence-corrected chi connectivity index (χ0v) is 14.0. The number of aromatic nitrogens is 2. The standard InChI is InChI=1S/C15H25N5S/c1-5-6-16-15(21)20-9-7-19(8-10-20)11-14-12(2)17-18(4)13(14)3/h5H,1,6-11H2,2-4H3,(H,16,21). The molecule has 1 N–H and O–H groups in total. The van der Waals surface area contributed by atoms with Gasteiger partial charge in [-0.25, -0.2) is 0 Å². The molecule has 0 bridgehead atoms. The first-order valence-corrected chi connectivity index (χ1v) is 7.79. The SMILES string of the molecule is C=CCNC(=S)N1CCN(Cc2c(C)nn(C)c2C)CC1. The zero-order valence-electron chi connectivity index (χ0n) is 13.2. The van der Waals surface area contributed by atoms with Crippen LogP contribution < -0.4 is 5.32 Å². The molecule has 5 nitrogen and oxygen atoms in total. The van der Waals surface area contributed by atoms with E-state index >= 15 is 0 Å². The van der Waals surface area contributed by atoms with Gasteiger partial charge in [0.25, 0.3) is 0 Å². The van der Waals surface area contributed by atoms with Crippen molar-refractivity contribution in [3.05, 3.63) is 29.6 Å². The molecule has 21 heavy (non-hydrogen) atoms. The molecule has 116 valence electrons. The maximum atomic E-state index is 5.39. The van der Waals surface area contributed by atoms with Crippen molar-refractivity contribution in [3.8, 4) is 0 Å². The summed E-state index contributed by atoms with van der Waals surface area (Å²) >= 11 is 5.39. The second-order valence-electron chi connectivity index (χ2n) is 5.51. The Hall–Kier alpha value is -1.40. The average Bonchev–Trinajstić information content (AvgIpc) is 2.72. The molecule has 2 rings (SSSR count). The lowest BCUT2D eigenvalue weighted by Gasteiger charge is -2.36. The van der Waals surface area contributed by atoms with Gasteiger partial charge in [0.2, 0.25) is 0 Å². The number of nitrogens with one attached hydrogen (secondary N) is 1. The van der Waals surface area contributed by atoms with Gasteiger partial charge in [-0.2, -0.15) is 5.10 Å².